The maximum Gasteiger partial charge on any atom is 0.225 e. The molecular weight excluding hydrogens is 522 g/mol. The summed E-state index contributed by atoms with van der Waals surface area (Å²) in [6, 6.07) is 9.15. The summed E-state index contributed by atoms with van der Waals surface area (Å²) >= 11 is 6.33. The van der Waals surface area contributed by atoms with E-state index in [4.69, 9.17) is 35.5 Å². The highest BCUT2D eigenvalue weighted by molar-refractivity contribution is 6.32. The van der Waals surface area contributed by atoms with E-state index in [-0.39, 0.29) is 24.9 Å². The van der Waals surface area contributed by atoms with E-state index >= 15 is 0 Å². The topological polar surface area (TPSA) is 103 Å². The van der Waals surface area contributed by atoms with Crippen LogP contribution in [0.3, 0.4) is 0 Å². The number of aryl methyl sites for hydroxylation is 2. The van der Waals surface area contributed by atoms with E-state index < -0.39 is 0 Å². The van der Waals surface area contributed by atoms with Crippen molar-refractivity contribution in [2.24, 2.45) is 0 Å². The first-order valence-corrected chi connectivity index (χ1v) is 13.2. The van der Waals surface area contributed by atoms with Crippen molar-refractivity contribution in [3.05, 3.63) is 63.9 Å². The number of aliphatic hydroxyl groups is 1. The van der Waals surface area contributed by atoms with Gasteiger partial charge in [-0.05, 0) is 61.1 Å². The maximum atomic E-state index is 13.6. The molecule has 0 bridgehead atoms. The lowest BCUT2D eigenvalue weighted by atomic mass is 9.99. The van der Waals surface area contributed by atoms with Gasteiger partial charge in [0.2, 0.25) is 11.7 Å². The fourth-order valence-electron chi connectivity index (χ4n) is 4.90. The number of ketones is 1. The van der Waals surface area contributed by atoms with Crippen LogP contribution in [0.5, 0.6) is 23.0 Å². The average molecular weight is 556 g/mol. The number of nitrogens with zero attached hydrogens (tertiary/aromatic N) is 3. The van der Waals surface area contributed by atoms with E-state index in [0.717, 1.165) is 24.9 Å². The Morgan fingerprint density at radius 3 is 2.33 bits per heavy atom. The fourth-order valence-corrected chi connectivity index (χ4v) is 5.18. The standard InChI is InChI=1S/C29H34ClN3O6/c1-36-25-10-8-18(12-22(25)30)7-9-23-21(16-31-29(32-23)33-11-5-6-20(33)17-34)24(35)13-19-14-26(37-2)28(39-4)27(15-19)38-3/h8,10,12,14-16,20,34H,5-7,9,11,13,17H2,1-4H3/t20-/m0/s1. The number of carbonyl (C=O) groups is 1. The molecule has 0 amide bonds. The van der Waals surface area contributed by atoms with Crippen LogP contribution >= 0.6 is 11.6 Å². The third kappa shape index (κ3) is 6.37. The van der Waals surface area contributed by atoms with Gasteiger partial charge in [0.05, 0.1) is 57.4 Å². The van der Waals surface area contributed by atoms with Gasteiger partial charge in [-0.2, -0.15) is 0 Å². The van der Waals surface area contributed by atoms with Crippen molar-refractivity contribution in [1.29, 1.82) is 0 Å². The number of hydrogen-bond donors (Lipinski definition) is 1. The van der Waals surface area contributed by atoms with Crippen LogP contribution in [0.4, 0.5) is 5.95 Å². The Kier molecular flexibility index (Phi) is 9.48. The van der Waals surface area contributed by atoms with Crippen LogP contribution in [-0.4, -0.2) is 68.5 Å². The predicted molar refractivity (Wildman–Crippen MR) is 149 cm³/mol. The number of methoxy groups -OCH3 is 4. The first-order valence-electron chi connectivity index (χ1n) is 12.8. The minimum atomic E-state index is -0.126. The van der Waals surface area contributed by atoms with Gasteiger partial charge in [0.25, 0.3) is 0 Å². The summed E-state index contributed by atoms with van der Waals surface area (Å²) in [4.78, 5) is 25.0. The fraction of sp³-hybridized carbons (Fsp3) is 0.414. The molecule has 39 heavy (non-hydrogen) atoms. The highest BCUT2D eigenvalue weighted by Crippen LogP contribution is 2.38. The second kappa shape index (κ2) is 13.0. The first kappa shape index (κ1) is 28.4. The van der Waals surface area contributed by atoms with Crippen molar-refractivity contribution in [2.75, 3.05) is 46.5 Å². The lowest BCUT2D eigenvalue weighted by Crippen LogP contribution is -2.34. The molecule has 1 aliphatic heterocycles. The van der Waals surface area contributed by atoms with E-state index in [0.29, 0.717) is 63.6 Å². The van der Waals surface area contributed by atoms with Gasteiger partial charge in [-0.1, -0.05) is 17.7 Å². The number of benzene rings is 2. The number of aromatic nitrogens is 2. The summed E-state index contributed by atoms with van der Waals surface area (Å²) in [7, 11) is 6.19. The second-order valence-electron chi connectivity index (χ2n) is 9.30. The lowest BCUT2D eigenvalue weighted by Gasteiger charge is -2.23. The van der Waals surface area contributed by atoms with Crippen LogP contribution in [0.25, 0.3) is 0 Å². The van der Waals surface area contributed by atoms with E-state index in [2.05, 4.69) is 4.98 Å². The number of aliphatic hydroxyl groups excluding tert-OH is 1. The number of halogens is 1. The Labute approximate surface area is 233 Å². The minimum absolute atomic E-state index is 0.0287. The maximum absolute atomic E-state index is 13.6. The van der Waals surface area contributed by atoms with Crippen molar-refractivity contribution < 1.29 is 28.8 Å². The summed E-state index contributed by atoms with van der Waals surface area (Å²) in [6.07, 6.45) is 4.66. The smallest absolute Gasteiger partial charge is 0.225 e. The van der Waals surface area contributed by atoms with Crippen molar-refractivity contribution >= 4 is 23.3 Å². The third-order valence-corrected chi connectivity index (χ3v) is 7.25. The van der Waals surface area contributed by atoms with Crippen molar-refractivity contribution in [3.63, 3.8) is 0 Å². The molecule has 2 aromatic carbocycles. The zero-order valence-electron chi connectivity index (χ0n) is 22.7. The zero-order chi connectivity index (χ0) is 27.9. The summed E-state index contributed by atoms with van der Waals surface area (Å²) in [5.41, 5.74) is 2.81. The Morgan fingerprint density at radius 2 is 1.72 bits per heavy atom. The molecule has 4 rings (SSSR count). The molecule has 208 valence electrons. The van der Waals surface area contributed by atoms with Gasteiger partial charge in [-0.25, -0.2) is 9.97 Å². The molecule has 2 heterocycles. The highest BCUT2D eigenvalue weighted by atomic mass is 35.5. The summed E-state index contributed by atoms with van der Waals surface area (Å²) in [5, 5.41) is 10.3. The van der Waals surface area contributed by atoms with E-state index in [9.17, 15) is 9.90 Å². The molecule has 1 fully saturated rings. The number of Topliss-reactive ketones (excluding diaryl/α,β-unsaturated/α-hetero) is 1. The molecule has 10 heteroatoms. The second-order valence-corrected chi connectivity index (χ2v) is 9.71. The molecule has 0 unspecified atom stereocenters. The molecule has 0 saturated carbocycles. The Bertz CT molecular complexity index is 1290. The van der Waals surface area contributed by atoms with E-state index in [1.54, 1.807) is 25.4 Å². The van der Waals surface area contributed by atoms with Gasteiger partial charge in [0, 0.05) is 19.2 Å². The monoisotopic (exact) mass is 555 g/mol. The van der Waals surface area contributed by atoms with Crippen molar-refractivity contribution in [1.82, 2.24) is 9.97 Å². The first-order chi connectivity index (χ1) is 18.9. The molecule has 1 aromatic heterocycles. The molecule has 0 radical (unpaired) electrons. The van der Waals surface area contributed by atoms with E-state index in [1.165, 1.54) is 21.3 Å². The number of rotatable bonds is 12. The normalized spacial score (nSPS) is 14.8. The van der Waals surface area contributed by atoms with Crippen molar-refractivity contribution in [3.8, 4) is 23.0 Å². The van der Waals surface area contributed by atoms with Crippen LogP contribution in [0, 0.1) is 0 Å². The zero-order valence-corrected chi connectivity index (χ0v) is 23.5. The molecule has 1 atom stereocenters. The van der Waals surface area contributed by atoms with E-state index in [1.807, 2.05) is 23.1 Å². The highest BCUT2D eigenvalue weighted by Gasteiger charge is 2.27. The molecule has 0 spiro atoms. The number of ether oxygens (including phenoxy) is 4. The predicted octanol–water partition coefficient (Wildman–Crippen LogP) is 4.34. The van der Waals surface area contributed by atoms with Gasteiger partial charge in [0.1, 0.15) is 5.75 Å². The van der Waals surface area contributed by atoms with Crippen molar-refractivity contribution in [2.45, 2.75) is 38.1 Å². The summed E-state index contributed by atoms with van der Waals surface area (Å²) in [5.74, 6) is 2.43. The molecule has 1 saturated heterocycles. The van der Waals surface area contributed by atoms with Crippen LogP contribution in [0.1, 0.15) is 40.0 Å². The molecule has 1 aliphatic rings. The Balaban J connectivity index is 1.65. The molecular formula is C29H34ClN3O6. The number of hydrogen-bond acceptors (Lipinski definition) is 9. The van der Waals surface area contributed by atoms with Crippen LogP contribution in [0.2, 0.25) is 5.02 Å². The van der Waals surface area contributed by atoms with Gasteiger partial charge >= 0.3 is 0 Å². The van der Waals surface area contributed by atoms with Gasteiger partial charge in [0.15, 0.2) is 17.3 Å². The van der Waals surface area contributed by atoms with Gasteiger partial charge in [-0.3, -0.25) is 4.79 Å². The molecule has 0 aliphatic carbocycles. The minimum Gasteiger partial charge on any atom is -0.495 e. The Morgan fingerprint density at radius 1 is 1.00 bits per heavy atom. The molecule has 1 N–H and O–H groups in total. The molecule has 9 nitrogen and oxygen atoms in total. The summed E-state index contributed by atoms with van der Waals surface area (Å²) in [6.45, 7) is 0.794. The van der Waals surface area contributed by atoms with Crippen LogP contribution in [0.15, 0.2) is 36.5 Å². The lowest BCUT2D eigenvalue weighted by molar-refractivity contribution is 0.0991. The van der Waals surface area contributed by atoms with Gasteiger partial charge < -0.3 is 29.0 Å². The molecule has 3 aromatic rings. The number of anilines is 1. The summed E-state index contributed by atoms with van der Waals surface area (Å²) < 4.78 is 21.6. The van der Waals surface area contributed by atoms with Crippen LogP contribution in [-0.2, 0) is 19.3 Å². The number of carbonyl (C=O) groups excluding carboxylic acids is 1. The largest absolute Gasteiger partial charge is 0.495 e. The van der Waals surface area contributed by atoms with Crippen LogP contribution < -0.4 is 23.8 Å². The van der Waals surface area contributed by atoms with Gasteiger partial charge in [-0.15, -0.1) is 0 Å². The SMILES string of the molecule is COc1ccc(CCc2nc(N3CCC[C@H]3CO)ncc2C(=O)Cc2cc(OC)c(OC)c(OC)c2)cc1Cl. The Hall–Kier alpha value is -3.56. The third-order valence-electron chi connectivity index (χ3n) is 6.96. The average Bonchev–Trinajstić information content (AvgIpc) is 3.44. The quantitative estimate of drug-likeness (QED) is 0.327.